The number of hydrogen-bond donors (Lipinski definition) is 2. The van der Waals surface area contributed by atoms with E-state index in [1.165, 1.54) is 11.3 Å². The van der Waals surface area contributed by atoms with Gasteiger partial charge in [0, 0.05) is 0 Å². The third-order valence-corrected chi connectivity index (χ3v) is 2.37. The fourth-order valence-electron chi connectivity index (χ4n) is 0.719. The summed E-state index contributed by atoms with van der Waals surface area (Å²) in [4.78, 5) is 2.15. The molecule has 0 amide bonds. The third-order valence-electron chi connectivity index (χ3n) is 1.54. The molecule has 0 spiro atoms. The number of rotatable bonds is 4. The highest BCUT2D eigenvalue weighted by atomic mass is 32.1. The SMILES string of the molecule is CCN(C)Cc1nnc(NN)s1. The molecule has 5 nitrogen and oxygen atoms in total. The van der Waals surface area contributed by atoms with Crippen molar-refractivity contribution in [2.45, 2.75) is 13.5 Å². The van der Waals surface area contributed by atoms with Crippen molar-refractivity contribution in [1.82, 2.24) is 15.1 Å². The monoisotopic (exact) mass is 187 g/mol. The van der Waals surface area contributed by atoms with E-state index < -0.39 is 0 Å². The lowest BCUT2D eigenvalue weighted by atomic mass is 10.5. The first-order chi connectivity index (χ1) is 5.76. The molecule has 68 valence electrons. The highest BCUT2D eigenvalue weighted by Crippen LogP contribution is 2.14. The van der Waals surface area contributed by atoms with Crippen LogP contribution in [0.5, 0.6) is 0 Å². The Morgan fingerprint density at radius 1 is 1.58 bits per heavy atom. The predicted molar refractivity (Wildman–Crippen MR) is 49.7 cm³/mol. The summed E-state index contributed by atoms with van der Waals surface area (Å²) in [5, 5.41) is 9.43. The average molecular weight is 187 g/mol. The van der Waals surface area contributed by atoms with Gasteiger partial charge in [-0.25, -0.2) is 5.84 Å². The molecule has 3 N–H and O–H groups in total. The van der Waals surface area contributed by atoms with E-state index in [1.807, 2.05) is 7.05 Å². The van der Waals surface area contributed by atoms with E-state index in [-0.39, 0.29) is 0 Å². The summed E-state index contributed by atoms with van der Waals surface area (Å²) < 4.78 is 0. The van der Waals surface area contributed by atoms with Crippen LogP contribution < -0.4 is 11.3 Å². The van der Waals surface area contributed by atoms with Crippen molar-refractivity contribution < 1.29 is 0 Å². The van der Waals surface area contributed by atoms with Gasteiger partial charge in [0.2, 0.25) is 5.13 Å². The lowest BCUT2D eigenvalue weighted by Crippen LogP contribution is -2.16. The molecular formula is C6H13N5S. The van der Waals surface area contributed by atoms with Crippen LogP contribution in [0.2, 0.25) is 0 Å². The standard InChI is InChI=1S/C6H13N5S/c1-3-11(2)4-5-9-10-6(8-7)12-5/h3-4,7H2,1-2H3,(H,8,10). The number of hydrogen-bond acceptors (Lipinski definition) is 6. The van der Waals surface area contributed by atoms with Gasteiger partial charge in [-0.15, -0.1) is 10.2 Å². The average Bonchev–Trinajstić information content (AvgIpc) is 2.52. The second-order valence-electron chi connectivity index (χ2n) is 2.48. The Balaban J connectivity index is 2.52. The van der Waals surface area contributed by atoms with Crippen LogP contribution in [-0.4, -0.2) is 28.7 Å². The Bertz CT molecular complexity index is 236. The van der Waals surface area contributed by atoms with Crippen LogP contribution >= 0.6 is 11.3 Å². The van der Waals surface area contributed by atoms with Gasteiger partial charge >= 0.3 is 0 Å². The molecule has 1 heterocycles. The lowest BCUT2D eigenvalue weighted by Gasteiger charge is -2.09. The van der Waals surface area contributed by atoms with Crippen molar-refractivity contribution in [3.63, 3.8) is 0 Å². The summed E-state index contributed by atoms with van der Waals surface area (Å²) in [5.74, 6) is 5.17. The molecule has 6 heteroatoms. The normalized spacial score (nSPS) is 10.7. The van der Waals surface area contributed by atoms with E-state index in [2.05, 4.69) is 27.4 Å². The van der Waals surface area contributed by atoms with Crippen LogP contribution in [0, 0.1) is 0 Å². The highest BCUT2D eigenvalue weighted by Gasteiger charge is 2.04. The van der Waals surface area contributed by atoms with Gasteiger partial charge in [0.05, 0.1) is 6.54 Å². The van der Waals surface area contributed by atoms with E-state index >= 15 is 0 Å². The molecule has 1 aromatic heterocycles. The van der Waals surface area contributed by atoms with Crippen molar-refractivity contribution in [2.75, 3.05) is 19.0 Å². The Morgan fingerprint density at radius 2 is 2.33 bits per heavy atom. The molecule has 0 aromatic carbocycles. The number of hydrazine groups is 1. The molecule has 0 fully saturated rings. The molecule has 0 aliphatic rings. The second kappa shape index (κ2) is 4.34. The van der Waals surface area contributed by atoms with Gasteiger partial charge in [0.15, 0.2) is 0 Å². The number of nitrogens with zero attached hydrogens (tertiary/aromatic N) is 3. The maximum absolute atomic E-state index is 5.17. The summed E-state index contributed by atoms with van der Waals surface area (Å²) in [6.07, 6.45) is 0. The van der Waals surface area contributed by atoms with Gasteiger partial charge in [-0.05, 0) is 13.6 Å². The van der Waals surface area contributed by atoms with Crippen molar-refractivity contribution in [2.24, 2.45) is 5.84 Å². The van der Waals surface area contributed by atoms with Crippen LogP contribution in [0.4, 0.5) is 5.13 Å². The fourth-order valence-corrected chi connectivity index (χ4v) is 1.45. The van der Waals surface area contributed by atoms with Gasteiger partial charge in [0.1, 0.15) is 5.01 Å². The van der Waals surface area contributed by atoms with Crippen LogP contribution in [-0.2, 0) is 6.54 Å². The fraction of sp³-hybridized carbons (Fsp3) is 0.667. The first-order valence-electron chi connectivity index (χ1n) is 3.73. The summed E-state index contributed by atoms with van der Waals surface area (Å²) in [6, 6.07) is 0. The molecule has 1 rings (SSSR count). The second-order valence-corrected chi connectivity index (χ2v) is 3.54. The molecule has 1 aromatic rings. The zero-order valence-corrected chi connectivity index (χ0v) is 8.06. The van der Waals surface area contributed by atoms with E-state index in [0.29, 0.717) is 5.13 Å². The first-order valence-corrected chi connectivity index (χ1v) is 4.55. The maximum Gasteiger partial charge on any atom is 0.219 e. The smallest absolute Gasteiger partial charge is 0.219 e. The van der Waals surface area contributed by atoms with Crippen molar-refractivity contribution >= 4 is 16.5 Å². The molecule has 12 heavy (non-hydrogen) atoms. The van der Waals surface area contributed by atoms with Crippen LogP contribution in [0.25, 0.3) is 0 Å². The number of aromatic nitrogens is 2. The van der Waals surface area contributed by atoms with E-state index in [0.717, 1.165) is 18.1 Å². The minimum absolute atomic E-state index is 0.662. The zero-order valence-electron chi connectivity index (χ0n) is 7.24. The number of anilines is 1. The largest absolute Gasteiger partial charge is 0.300 e. The van der Waals surface area contributed by atoms with Crippen molar-refractivity contribution in [3.05, 3.63) is 5.01 Å². The Morgan fingerprint density at radius 3 is 2.83 bits per heavy atom. The summed E-state index contributed by atoms with van der Waals surface area (Å²) >= 11 is 1.48. The topological polar surface area (TPSA) is 67.1 Å². The highest BCUT2D eigenvalue weighted by molar-refractivity contribution is 7.15. The molecule has 0 aliphatic heterocycles. The van der Waals surface area contributed by atoms with Gasteiger partial charge in [0.25, 0.3) is 0 Å². The molecule has 0 bridgehead atoms. The van der Waals surface area contributed by atoms with E-state index in [9.17, 15) is 0 Å². The summed E-state index contributed by atoms with van der Waals surface area (Å²) in [6.45, 7) is 3.93. The minimum atomic E-state index is 0.662. The molecule has 0 radical (unpaired) electrons. The Kier molecular flexibility index (Phi) is 3.39. The summed E-state index contributed by atoms with van der Waals surface area (Å²) in [7, 11) is 2.04. The van der Waals surface area contributed by atoms with E-state index in [4.69, 9.17) is 5.84 Å². The molecular weight excluding hydrogens is 174 g/mol. The number of nitrogens with two attached hydrogens (primary N) is 1. The number of nitrogens with one attached hydrogen (secondary N) is 1. The minimum Gasteiger partial charge on any atom is -0.300 e. The molecule has 0 saturated carbocycles. The Labute approximate surface area is 75.6 Å². The number of nitrogen functional groups attached to an aromatic ring is 1. The van der Waals surface area contributed by atoms with Crippen LogP contribution in [0.3, 0.4) is 0 Å². The summed E-state index contributed by atoms with van der Waals surface area (Å²) in [5.41, 5.74) is 2.46. The van der Waals surface area contributed by atoms with Crippen LogP contribution in [0.1, 0.15) is 11.9 Å². The van der Waals surface area contributed by atoms with E-state index in [1.54, 1.807) is 0 Å². The maximum atomic E-state index is 5.17. The predicted octanol–water partition coefficient (Wildman–Crippen LogP) is 0.275. The van der Waals surface area contributed by atoms with Crippen molar-refractivity contribution in [1.29, 1.82) is 0 Å². The van der Waals surface area contributed by atoms with Gasteiger partial charge in [-0.1, -0.05) is 18.3 Å². The molecule has 0 atom stereocenters. The van der Waals surface area contributed by atoms with Gasteiger partial charge in [-0.3, -0.25) is 10.3 Å². The Hall–Kier alpha value is -0.720. The van der Waals surface area contributed by atoms with Gasteiger partial charge < -0.3 is 0 Å². The molecule has 0 unspecified atom stereocenters. The quantitative estimate of drug-likeness (QED) is 0.523. The third kappa shape index (κ3) is 2.40. The van der Waals surface area contributed by atoms with Crippen molar-refractivity contribution in [3.8, 4) is 0 Å². The lowest BCUT2D eigenvalue weighted by molar-refractivity contribution is 0.344. The first kappa shape index (κ1) is 9.37. The van der Waals surface area contributed by atoms with Gasteiger partial charge in [-0.2, -0.15) is 0 Å². The zero-order chi connectivity index (χ0) is 8.97. The molecule has 0 saturated heterocycles. The van der Waals surface area contributed by atoms with Crippen LogP contribution in [0.15, 0.2) is 0 Å². The molecule has 0 aliphatic carbocycles.